The number of halogens is 2. The summed E-state index contributed by atoms with van der Waals surface area (Å²) in [7, 11) is 3.53. The van der Waals surface area contributed by atoms with Crippen LogP contribution < -0.4 is 10.2 Å². The maximum Gasteiger partial charge on any atom is 0.255 e. The number of nitrogens with zero attached hydrogens (tertiary/aromatic N) is 1. The molecule has 1 N–H and O–H groups in total. The summed E-state index contributed by atoms with van der Waals surface area (Å²) in [6, 6.07) is 16.0. The largest absolute Gasteiger partial charge is 0.455 e. The lowest BCUT2D eigenvalue weighted by molar-refractivity contribution is 0.00454. The summed E-state index contributed by atoms with van der Waals surface area (Å²) in [4.78, 5) is 15.0. The zero-order valence-electron chi connectivity index (χ0n) is 19.1. The number of carbonyl (C=O) groups is 1. The van der Waals surface area contributed by atoms with Gasteiger partial charge in [-0.15, -0.1) is 0 Å². The molecule has 2 atom stereocenters. The first kappa shape index (κ1) is 22.1. The molecular weight excluding hydrogens is 438 g/mol. The zero-order valence-corrected chi connectivity index (χ0v) is 19.1. The van der Waals surface area contributed by atoms with Crippen LogP contribution in [0, 0.1) is 11.6 Å². The summed E-state index contributed by atoms with van der Waals surface area (Å²) in [6.07, 6.45) is -0.548. The number of nitrogens with one attached hydrogen (secondary N) is 1. The van der Waals surface area contributed by atoms with E-state index in [4.69, 9.17) is 9.15 Å². The van der Waals surface area contributed by atoms with Crippen LogP contribution in [0.2, 0.25) is 0 Å². The molecule has 1 aromatic heterocycles. The Hall–Kier alpha value is -3.71. The average molecular weight is 462 g/mol. The summed E-state index contributed by atoms with van der Waals surface area (Å²) in [5.74, 6) is -0.565. The zero-order chi connectivity index (χ0) is 24.0. The normalized spacial score (nSPS) is 18.0. The molecule has 0 aliphatic carbocycles. The van der Waals surface area contributed by atoms with Crippen molar-refractivity contribution in [2.45, 2.75) is 19.1 Å². The summed E-state index contributed by atoms with van der Waals surface area (Å²) in [6.45, 7) is 2.52. The summed E-state index contributed by atoms with van der Waals surface area (Å²) in [5, 5.41) is 3.34. The molecule has 5 rings (SSSR count). The predicted molar refractivity (Wildman–Crippen MR) is 127 cm³/mol. The highest BCUT2D eigenvalue weighted by molar-refractivity contribution is 6.11. The first-order valence-corrected chi connectivity index (χ1v) is 11.1. The fourth-order valence-corrected chi connectivity index (χ4v) is 4.53. The van der Waals surface area contributed by atoms with E-state index in [1.165, 1.54) is 24.3 Å². The van der Waals surface area contributed by atoms with Crippen LogP contribution in [-0.2, 0) is 4.74 Å². The number of hydrogen-bond acceptors (Lipinski definition) is 4. The lowest BCUT2D eigenvalue weighted by Crippen LogP contribution is -2.23. The Morgan fingerprint density at radius 3 is 2.32 bits per heavy atom. The Labute approximate surface area is 195 Å². The molecular formula is C27H24F2N2O3. The van der Waals surface area contributed by atoms with Crippen LogP contribution in [0.1, 0.15) is 40.6 Å². The van der Waals surface area contributed by atoms with Crippen molar-refractivity contribution in [3.63, 3.8) is 0 Å². The predicted octanol–water partition coefficient (Wildman–Crippen LogP) is 6.01. The summed E-state index contributed by atoms with van der Waals surface area (Å²) >= 11 is 0. The van der Waals surface area contributed by atoms with Crippen molar-refractivity contribution in [2.24, 2.45) is 0 Å². The number of hydrogen-bond donors (Lipinski definition) is 1. The number of likely N-dealkylation sites (N-methyl/N-ethyl adjacent to an activating group) is 1. The van der Waals surface area contributed by atoms with Crippen LogP contribution in [0.5, 0.6) is 0 Å². The summed E-state index contributed by atoms with van der Waals surface area (Å²) < 4.78 is 39.5. The number of carbonyl (C=O) groups excluding carboxylic acids is 1. The average Bonchev–Trinajstić information content (AvgIpc) is 3.16. The van der Waals surface area contributed by atoms with E-state index in [9.17, 15) is 13.6 Å². The number of fused-ring (bicyclic) bond motifs is 2. The van der Waals surface area contributed by atoms with E-state index < -0.39 is 0 Å². The molecule has 174 valence electrons. The Bertz CT molecular complexity index is 1360. The van der Waals surface area contributed by atoms with Gasteiger partial charge in [0.2, 0.25) is 0 Å². The van der Waals surface area contributed by atoms with Gasteiger partial charge >= 0.3 is 0 Å². The molecule has 7 heteroatoms. The minimum Gasteiger partial charge on any atom is -0.455 e. The number of amides is 1. The third-order valence-corrected chi connectivity index (χ3v) is 6.30. The van der Waals surface area contributed by atoms with Gasteiger partial charge in [0.1, 0.15) is 29.1 Å². The topological polar surface area (TPSA) is 54.7 Å². The number of benzene rings is 3. The van der Waals surface area contributed by atoms with Crippen molar-refractivity contribution < 1.29 is 22.7 Å². The van der Waals surface area contributed by atoms with Gasteiger partial charge in [-0.05, 0) is 55.0 Å². The van der Waals surface area contributed by atoms with E-state index in [-0.39, 0.29) is 29.7 Å². The first-order chi connectivity index (χ1) is 16.4. The Kier molecular flexibility index (Phi) is 5.57. The van der Waals surface area contributed by atoms with E-state index in [0.29, 0.717) is 34.4 Å². The second kappa shape index (κ2) is 8.57. The van der Waals surface area contributed by atoms with E-state index >= 15 is 0 Å². The number of rotatable bonds is 3. The van der Waals surface area contributed by atoms with Crippen molar-refractivity contribution in [3.8, 4) is 11.3 Å². The molecule has 1 amide bonds. The second-order valence-corrected chi connectivity index (χ2v) is 8.50. The monoisotopic (exact) mass is 462 g/mol. The van der Waals surface area contributed by atoms with Gasteiger partial charge in [-0.25, -0.2) is 8.78 Å². The van der Waals surface area contributed by atoms with Gasteiger partial charge in [0.05, 0.1) is 11.7 Å². The van der Waals surface area contributed by atoms with Crippen LogP contribution in [0.3, 0.4) is 0 Å². The third kappa shape index (κ3) is 3.82. The fourth-order valence-electron chi connectivity index (χ4n) is 4.53. The second-order valence-electron chi connectivity index (χ2n) is 8.50. The van der Waals surface area contributed by atoms with Crippen molar-refractivity contribution in [3.05, 3.63) is 89.0 Å². The summed E-state index contributed by atoms with van der Waals surface area (Å²) in [5.41, 5.74) is 4.28. The molecule has 2 heterocycles. The van der Waals surface area contributed by atoms with Gasteiger partial charge in [-0.1, -0.05) is 12.1 Å². The highest BCUT2D eigenvalue weighted by Crippen LogP contribution is 2.42. The van der Waals surface area contributed by atoms with Crippen LogP contribution in [0.15, 0.2) is 65.1 Å². The lowest BCUT2D eigenvalue weighted by Gasteiger charge is -2.23. The number of ether oxygens (including phenoxy) is 1. The van der Waals surface area contributed by atoms with Gasteiger partial charge in [0.25, 0.3) is 5.91 Å². The van der Waals surface area contributed by atoms with Gasteiger partial charge in [-0.3, -0.25) is 4.79 Å². The molecule has 5 nitrogen and oxygen atoms in total. The minimum absolute atomic E-state index is 0.257. The quantitative estimate of drug-likeness (QED) is 0.405. The minimum atomic E-state index is -0.364. The highest BCUT2D eigenvalue weighted by Gasteiger charge is 2.29. The van der Waals surface area contributed by atoms with E-state index in [2.05, 4.69) is 10.2 Å². The Morgan fingerprint density at radius 1 is 1.03 bits per heavy atom. The maximum absolute atomic E-state index is 13.5. The van der Waals surface area contributed by atoms with Crippen LogP contribution in [0.25, 0.3) is 22.3 Å². The number of anilines is 1. The van der Waals surface area contributed by atoms with Crippen molar-refractivity contribution in [1.29, 1.82) is 0 Å². The highest BCUT2D eigenvalue weighted by atomic mass is 19.1. The smallest absolute Gasteiger partial charge is 0.255 e. The van der Waals surface area contributed by atoms with Crippen LogP contribution >= 0.6 is 0 Å². The van der Waals surface area contributed by atoms with Gasteiger partial charge in [0.15, 0.2) is 0 Å². The molecule has 3 aromatic carbocycles. The van der Waals surface area contributed by atoms with Gasteiger partial charge in [0, 0.05) is 48.9 Å². The van der Waals surface area contributed by atoms with Crippen molar-refractivity contribution >= 4 is 22.6 Å². The molecule has 0 spiro atoms. The molecule has 2 unspecified atom stereocenters. The van der Waals surface area contributed by atoms with Gasteiger partial charge in [-0.2, -0.15) is 0 Å². The molecule has 1 aliphatic rings. The van der Waals surface area contributed by atoms with E-state index in [1.807, 2.05) is 26.1 Å². The maximum atomic E-state index is 13.5. The molecule has 1 aliphatic heterocycles. The molecule has 4 aromatic rings. The molecule has 0 saturated carbocycles. The van der Waals surface area contributed by atoms with E-state index in [0.717, 1.165) is 16.8 Å². The number of furan rings is 1. The molecule has 0 saturated heterocycles. The molecule has 0 radical (unpaired) electrons. The molecule has 0 bridgehead atoms. The lowest BCUT2D eigenvalue weighted by atomic mass is 10.00. The third-order valence-electron chi connectivity index (χ3n) is 6.30. The molecule has 0 fully saturated rings. The van der Waals surface area contributed by atoms with Crippen LogP contribution in [0.4, 0.5) is 14.5 Å². The standard InChI is InChI=1S/C27H24F2N2O3/c1-15-20-12-21-23(34-26(25(21)27(32)30-2)17-6-10-19(29)11-7-17)13-22(20)31(3)14-24(33-15)16-4-8-18(28)9-5-16/h4-13,15,24H,14H2,1-3H3,(H,30,32). The Balaban J connectivity index is 1.63. The van der Waals surface area contributed by atoms with Gasteiger partial charge < -0.3 is 19.4 Å². The van der Waals surface area contributed by atoms with E-state index in [1.54, 1.807) is 31.3 Å². The van der Waals surface area contributed by atoms with Crippen molar-refractivity contribution in [2.75, 3.05) is 25.5 Å². The SMILES string of the molecule is CNC(=O)c1c(-c2ccc(F)cc2)oc2cc3c(cc12)C(C)OC(c1ccc(F)cc1)CN3C. The Morgan fingerprint density at radius 2 is 1.68 bits per heavy atom. The van der Waals surface area contributed by atoms with Crippen molar-refractivity contribution in [1.82, 2.24) is 5.32 Å². The molecule has 34 heavy (non-hydrogen) atoms. The fraction of sp³-hybridized carbons (Fsp3) is 0.222. The first-order valence-electron chi connectivity index (χ1n) is 11.1. The van der Waals surface area contributed by atoms with Crippen LogP contribution in [-0.4, -0.2) is 26.5 Å².